The summed E-state index contributed by atoms with van der Waals surface area (Å²) in [5, 5.41) is 0. The molecule has 3 aliphatic rings. The Morgan fingerprint density at radius 2 is 1.51 bits per heavy atom. The average molecular weight is 779 g/mol. The van der Waals surface area contributed by atoms with Gasteiger partial charge >= 0.3 is 0 Å². The molecule has 7 heteroatoms. The summed E-state index contributed by atoms with van der Waals surface area (Å²) in [6.07, 6.45) is 16.2. The molecule has 1 atom stereocenters. The summed E-state index contributed by atoms with van der Waals surface area (Å²) in [7, 11) is -3.98. The normalized spacial score (nSPS) is 20.9. The van der Waals surface area contributed by atoms with Crippen molar-refractivity contribution in [1.29, 1.82) is 0 Å². The van der Waals surface area contributed by atoms with Crippen LogP contribution in [0.4, 0.5) is 11.4 Å². The average Bonchev–Trinajstić information content (AvgIpc) is 3.48. The van der Waals surface area contributed by atoms with Gasteiger partial charge in [-0.05, 0) is 102 Å². The Labute approximate surface area is 336 Å². The highest BCUT2D eigenvalue weighted by Gasteiger charge is 2.43. The Morgan fingerprint density at radius 1 is 0.836 bits per heavy atom. The van der Waals surface area contributed by atoms with E-state index in [1.54, 1.807) is 0 Å². The number of fused-ring (bicyclic) bond motifs is 2. The molecule has 2 heterocycles. The molecule has 55 heavy (non-hydrogen) atoms. The van der Waals surface area contributed by atoms with Gasteiger partial charge in [0.05, 0.1) is 11.8 Å². The van der Waals surface area contributed by atoms with Crippen molar-refractivity contribution in [3.8, 4) is 0 Å². The molecular weight excluding hydrogens is 717 g/mol. The number of para-hydroxylation sites is 2. The van der Waals surface area contributed by atoms with Crippen molar-refractivity contribution < 1.29 is 13.0 Å². The summed E-state index contributed by atoms with van der Waals surface area (Å²) in [6.45, 7) is 20.2. The summed E-state index contributed by atoms with van der Waals surface area (Å²) in [5.41, 5.74) is 10.6. The predicted octanol–water partition coefficient (Wildman–Crippen LogP) is 12.3. The van der Waals surface area contributed by atoms with Gasteiger partial charge in [0.2, 0.25) is 0 Å². The maximum absolute atomic E-state index is 11.5. The van der Waals surface area contributed by atoms with Crippen molar-refractivity contribution in [3.63, 3.8) is 0 Å². The van der Waals surface area contributed by atoms with Crippen LogP contribution in [-0.4, -0.2) is 37.9 Å². The van der Waals surface area contributed by atoms with Crippen LogP contribution < -0.4 is 9.80 Å². The lowest BCUT2D eigenvalue weighted by Gasteiger charge is -2.33. The molecule has 0 bridgehead atoms. The number of anilines is 2. The molecule has 0 radical (unpaired) electrons. The van der Waals surface area contributed by atoms with E-state index in [1.165, 1.54) is 54.7 Å². The topological polar surface area (TPSA) is 60.9 Å². The summed E-state index contributed by atoms with van der Waals surface area (Å²) in [4.78, 5) is 7.61. The fourth-order valence-corrected chi connectivity index (χ4v) is 10.4. The highest BCUT2D eigenvalue weighted by atomic mass is 32.2. The van der Waals surface area contributed by atoms with Gasteiger partial charge < -0.3 is 9.80 Å². The standard InChI is InChI=1S/C48H62N2O3S2/c1-9-10-32-49-41-22-13-11-20-39(41)47(5,6)43(49)30-24-35-18-17-19-36(45(35)54-38-28-26-37(27-29-38)46(2,3)4)25-31-44-48(7,8)40-21-12-14-23-42(40)50(44)33-15-16-34-55(51,52)53/h11-14,20-31,44H,9-10,15-19,32-34H2,1-8H3,(H,51,52,53)/b31-25+,35-24+,43-30+. The van der Waals surface area contributed by atoms with E-state index in [2.05, 4.69) is 162 Å². The Kier molecular flexibility index (Phi) is 12.4. The van der Waals surface area contributed by atoms with Crippen LogP contribution >= 0.6 is 11.8 Å². The van der Waals surface area contributed by atoms with Crippen LogP contribution in [0.1, 0.15) is 117 Å². The van der Waals surface area contributed by atoms with Crippen molar-refractivity contribution in [3.05, 3.63) is 136 Å². The van der Waals surface area contributed by atoms with Crippen LogP contribution in [0.2, 0.25) is 0 Å². The van der Waals surface area contributed by atoms with Crippen molar-refractivity contribution in [2.75, 3.05) is 28.6 Å². The molecule has 2 aliphatic heterocycles. The Morgan fingerprint density at radius 3 is 2.18 bits per heavy atom. The molecule has 294 valence electrons. The predicted molar refractivity (Wildman–Crippen MR) is 235 cm³/mol. The third kappa shape index (κ3) is 9.05. The Hall–Kier alpha value is -3.52. The largest absolute Gasteiger partial charge is 0.364 e. The zero-order chi connectivity index (χ0) is 39.6. The number of hydrogen-bond donors (Lipinski definition) is 1. The van der Waals surface area contributed by atoms with E-state index in [1.807, 2.05) is 11.8 Å². The second kappa shape index (κ2) is 16.5. The number of benzene rings is 3. The van der Waals surface area contributed by atoms with Crippen LogP contribution in [0.25, 0.3) is 0 Å². The van der Waals surface area contributed by atoms with E-state index in [0.717, 1.165) is 45.2 Å². The minimum Gasteiger partial charge on any atom is -0.364 e. The number of thioether (sulfide) groups is 1. The number of allylic oxidation sites excluding steroid dienone is 6. The van der Waals surface area contributed by atoms with E-state index in [-0.39, 0.29) is 28.0 Å². The van der Waals surface area contributed by atoms with E-state index in [0.29, 0.717) is 12.8 Å². The van der Waals surface area contributed by atoms with Crippen LogP contribution in [-0.2, 0) is 26.4 Å². The molecule has 5 nitrogen and oxygen atoms in total. The first-order valence-electron chi connectivity index (χ1n) is 20.3. The van der Waals surface area contributed by atoms with Crippen LogP contribution in [0.3, 0.4) is 0 Å². The van der Waals surface area contributed by atoms with Gasteiger partial charge in [-0.1, -0.05) is 140 Å². The number of nitrogens with zero attached hydrogens (tertiary/aromatic N) is 2. The minimum atomic E-state index is -3.98. The molecule has 1 unspecified atom stereocenters. The molecule has 6 rings (SSSR count). The molecule has 3 aromatic carbocycles. The van der Waals surface area contributed by atoms with Crippen LogP contribution in [0.15, 0.2) is 124 Å². The van der Waals surface area contributed by atoms with Gasteiger partial charge in [-0.25, -0.2) is 0 Å². The highest BCUT2D eigenvalue weighted by Crippen LogP contribution is 2.49. The Bertz CT molecular complexity index is 2080. The van der Waals surface area contributed by atoms with Crippen LogP contribution in [0, 0.1) is 0 Å². The summed E-state index contributed by atoms with van der Waals surface area (Å²) in [5.74, 6) is -0.207. The minimum absolute atomic E-state index is 0.0908. The lowest BCUT2D eigenvalue weighted by Crippen LogP contribution is -2.40. The Balaban J connectivity index is 1.40. The van der Waals surface area contributed by atoms with Crippen molar-refractivity contribution >= 4 is 33.3 Å². The van der Waals surface area contributed by atoms with E-state index >= 15 is 0 Å². The monoisotopic (exact) mass is 778 g/mol. The molecular formula is C48H62N2O3S2. The molecule has 0 aromatic heterocycles. The third-order valence-electron chi connectivity index (χ3n) is 11.9. The molecule has 0 spiro atoms. The highest BCUT2D eigenvalue weighted by molar-refractivity contribution is 8.03. The first-order chi connectivity index (χ1) is 26.0. The smallest absolute Gasteiger partial charge is 0.264 e. The van der Waals surface area contributed by atoms with Crippen molar-refractivity contribution in [2.24, 2.45) is 0 Å². The molecule has 0 saturated carbocycles. The van der Waals surface area contributed by atoms with Gasteiger partial charge in [-0.2, -0.15) is 8.42 Å². The van der Waals surface area contributed by atoms with Crippen LogP contribution in [0.5, 0.6) is 0 Å². The zero-order valence-electron chi connectivity index (χ0n) is 34.4. The summed E-state index contributed by atoms with van der Waals surface area (Å²) >= 11 is 1.90. The zero-order valence-corrected chi connectivity index (χ0v) is 36.0. The van der Waals surface area contributed by atoms with Gasteiger partial charge in [-0.3, -0.25) is 4.55 Å². The molecule has 3 aromatic rings. The first kappa shape index (κ1) is 41.1. The van der Waals surface area contributed by atoms with E-state index < -0.39 is 10.1 Å². The third-order valence-corrected chi connectivity index (χ3v) is 13.9. The van der Waals surface area contributed by atoms with Crippen molar-refractivity contribution in [2.45, 2.75) is 128 Å². The number of unbranched alkanes of at least 4 members (excludes halogenated alkanes) is 2. The maximum Gasteiger partial charge on any atom is 0.264 e. The SMILES string of the molecule is CCCCN1/C(=C/C=C2\CCCC(/C=C/C3N(CCCCS(=O)(=O)O)c4ccccc4C3(C)C)=C2Sc2ccc(C(C)(C)C)cc2)C(C)(C)c2ccccc21. The molecule has 1 N–H and O–H groups in total. The molecule has 0 fully saturated rings. The molecule has 0 amide bonds. The number of rotatable bonds is 13. The van der Waals surface area contributed by atoms with Gasteiger partial charge in [0, 0.05) is 50.8 Å². The molecule has 0 saturated heterocycles. The maximum atomic E-state index is 11.5. The number of hydrogen-bond acceptors (Lipinski definition) is 5. The first-order valence-corrected chi connectivity index (χ1v) is 22.7. The summed E-state index contributed by atoms with van der Waals surface area (Å²) < 4.78 is 32.4. The van der Waals surface area contributed by atoms with E-state index in [9.17, 15) is 13.0 Å². The lowest BCUT2D eigenvalue weighted by atomic mass is 9.80. The van der Waals surface area contributed by atoms with Gasteiger partial charge in [-0.15, -0.1) is 0 Å². The fourth-order valence-electron chi connectivity index (χ4n) is 8.72. The quantitative estimate of drug-likeness (QED) is 0.138. The molecule has 1 aliphatic carbocycles. The van der Waals surface area contributed by atoms with Gasteiger partial charge in [0.25, 0.3) is 10.1 Å². The van der Waals surface area contributed by atoms with Gasteiger partial charge in [0.15, 0.2) is 0 Å². The van der Waals surface area contributed by atoms with Crippen molar-refractivity contribution in [1.82, 2.24) is 0 Å². The lowest BCUT2D eigenvalue weighted by molar-refractivity contribution is 0.466. The van der Waals surface area contributed by atoms with E-state index in [4.69, 9.17) is 0 Å². The summed E-state index contributed by atoms with van der Waals surface area (Å²) in [6, 6.07) is 26.8. The second-order valence-corrected chi connectivity index (χ2v) is 20.4. The second-order valence-electron chi connectivity index (χ2n) is 17.7. The fraction of sp³-hybridized carbons (Fsp3) is 0.458. The van der Waals surface area contributed by atoms with Gasteiger partial charge in [0.1, 0.15) is 0 Å².